The van der Waals surface area contributed by atoms with Gasteiger partial charge in [0.05, 0.1) is 11.7 Å². The maximum absolute atomic E-state index is 10.2. The molecule has 2 aliphatic carbocycles. The summed E-state index contributed by atoms with van der Waals surface area (Å²) < 4.78 is 6.29. The molecule has 5 rings (SSSR count). The SMILES string of the molecule is Cc1c(-c2ccccc2)c([C@H]2CC[C@H](O)C2)c2oc(C3CC3)nc2c1C#N. The highest BCUT2D eigenvalue weighted by molar-refractivity contribution is 5.93. The van der Waals surface area contributed by atoms with Crippen LogP contribution in [0.5, 0.6) is 0 Å². The highest BCUT2D eigenvalue weighted by atomic mass is 16.3. The average molecular weight is 358 g/mol. The molecule has 27 heavy (non-hydrogen) atoms. The van der Waals surface area contributed by atoms with E-state index in [1.807, 2.05) is 25.1 Å². The van der Waals surface area contributed by atoms with Gasteiger partial charge < -0.3 is 9.52 Å². The van der Waals surface area contributed by atoms with Crippen LogP contribution in [0.2, 0.25) is 0 Å². The smallest absolute Gasteiger partial charge is 0.198 e. The number of hydrogen-bond donors (Lipinski definition) is 1. The normalized spacial score (nSPS) is 22.3. The van der Waals surface area contributed by atoms with Gasteiger partial charge >= 0.3 is 0 Å². The molecule has 0 aliphatic heterocycles. The average Bonchev–Trinajstić information content (AvgIpc) is 3.30. The topological polar surface area (TPSA) is 70.1 Å². The fourth-order valence-electron chi connectivity index (χ4n) is 4.53. The number of aliphatic hydroxyl groups is 1. The number of nitrogens with zero attached hydrogens (tertiary/aromatic N) is 2. The summed E-state index contributed by atoms with van der Waals surface area (Å²) in [7, 11) is 0. The first kappa shape index (κ1) is 16.5. The molecular weight excluding hydrogens is 336 g/mol. The van der Waals surface area contributed by atoms with Crippen molar-refractivity contribution in [3.05, 3.63) is 52.9 Å². The molecular formula is C23H22N2O2. The maximum atomic E-state index is 10.2. The van der Waals surface area contributed by atoms with E-state index in [1.165, 1.54) is 0 Å². The Bertz CT molecular complexity index is 1060. The number of hydrogen-bond acceptors (Lipinski definition) is 4. The van der Waals surface area contributed by atoms with Crippen LogP contribution >= 0.6 is 0 Å². The van der Waals surface area contributed by atoms with E-state index >= 15 is 0 Å². The largest absolute Gasteiger partial charge is 0.440 e. The fraction of sp³-hybridized carbons (Fsp3) is 0.391. The molecule has 136 valence electrons. The van der Waals surface area contributed by atoms with Gasteiger partial charge in [0.25, 0.3) is 0 Å². The molecule has 0 radical (unpaired) electrons. The Balaban J connectivity index is 1.85. The Kier molecular flexibility index (Phi) is 3.80. The second kappa shape index (κ2) is 6.21. The van der Waals surface area contributed by atoms with Gasteiger partial charge in [0, 0.05) is 11.5 Å². The van der Waals surface area contributed by atoms with Crippen molar-refractivity contribution in [1.29, 1.82) is 5.26 Å². The lowest BCUT2D eigenvalue weighted by Crippen LogP contribution is -2.04. The zero-order chi connectivity index (χ0) is 18.5. The summed E-state index contributed by atoms with van der Waals surface area (Å²) in [6.07, 6.45) is 4.42. The summed E-state index contributed by atoms with van der Waals surface area (Å²) in [5, 5.41) is 20.0. The minimum Gasteiger partial charge on any atom is -0.440 e. The highest BCUT2D eigenvalue weighted by Gasteiger charge is 2.35. The van der Waals surface area contributed by atoms with E-state index in [1.54, 1.807) is 0 Å². The number of aliphatic hydroxyl groups excluding tert-OH is 1. The van der Waals surface area contributed by atoms with Gasteiger partial charge in [0.1, 0.15) is 11.6 Å². The van der Waals surface area contributed by atoms with E-state index in [2.05, 4.69) is 18.2 Å². The summed E-state index contributed by atoms with van der Waals surface area (Å²) >= 11 is 0. The second-order valence-corrected chi connectivity index (χ2v) is 7.93. The van der Waals surface area contributed by atoms with Crippen molar-refractivity contribution in [2.24, 2.45) is 0 Å². The highest BCUT2D eigenvalue weighted by Crippen LogP contribution is 2.48. The van der Waals surface area contributed by atoms with Crippen LogP contribution in [0.25, 0.3) is 22.2 Å². The van der Waals surface area contributed by atoms with Crippen molar-refractivity contribution in [1.82, 2.24) is 4.98 Å². The van der Waals surface area contributed by atoms with Crippen molar-refractivity contribution < 1.29 is 9.52 Å². The van der Waals surface area contributed by atoms with Crippen molar-refractivity contribution in [3.8, 4) is 17.2 Å². The molecule has 1 N–H and O–H groups in total. The van der Waals surface area contributed by atoms with Crippen LogP contribution < -0.4 is 0 Å². The van der Waals surface area contributed by atoms with E-state index < -0.39 is 0 Å². The van der Waals surface area contributed by atoms with Crippen molar-refractivity contribution in [2.75, 3.05) is 0 Å². The predicted octanol–water partition coefficient (Wildman–Crippen LogP) is 5.18. The third kappa shape index (κ3) is 2.65. The Morgan fingerprint density at radius 1 is 1.11 bits per heavy atom. The van der Waals surface area contributed by atoms with Crippen LogP contribution in [0.4, 0.5) is 0 Å². The summed E-state index contributed by atoms with van der Waals surface area (Å²) in [5.41, 5.74) is 6.34. The first-order valence-electron chi connectivity index (χ1n) is 9.77. The van der Waals surface area contributed by atoms with Crippen molar-refractivity contribution in [2.45, 2.75) is 57.0 Å². The van der Waals surface area contributed by atoms with E-state index in [0.717, 1.165) is 65.8 Å². The summed E-state index contributed by atoms with van der Waals surface area (Å²) in [5.74, 6) is 1.39. The summed E-state index contributed by atoms with van der Waals surface area (Å²) in [6.45, 7) is 2.01. The molecule has 0 spiro atoms. The molecule has 0 amide bonds. The molecule has 1 heterocycles. The van der Waals surface area contributed by atoms with Gasteiger partial charge in [-0.1, -0.05) is 30.3 Å². The van der Waals surface area contributed by atoms with Crippen LogP contribution in [0.3, 0.4) is 0 Å². The number of aromatic nitrogens is 1. The third-order valence-corrected chi connectivity index (χ3v) is 6.06. The molecule has 0 unspecified atom stereocenters. The number of benzene rings is 2. The van der Waals surface area contributed by atoms with E-state index in [0.29, 0.717) is 17.0 Å². The first-order valence-corrected chi connectivity index (χ1v) is 9.77. The van der Waals surface area contributed by atoms with E-state index in [4.69, 9.17) is 9.40 Å². The standard InChI is InChI=1S/C23H22N2O2/c1-13-18(12-24)21-22(27-23(25-21)15-7-8-15)20(16-9-10-17(26)11-16)19(13)14-5-3-2-4-6-14/h2-6,15-17,26H,7-11H2,1H3/t16-,17-/m0/s1. The van der Waals surface area contributed by atoms with Gasteiger partial charge in [0.2, 0.25) is 0 Å². The van der Waals surface area contributed by atoms with Gasteiger partial charge in [-0.2, -0.15) is 5.26 Å². The number of rotatable bonds is 3. The summed E-state index contributed by atoms with van der Waals surface area (Å²) in [6, 6.07) is 12.6. The van der Waals surface area contributed by atoms with Crippen LogP contribution in [0.1, 0.15) is 66.5 Å². The zero-order valence-corrected chi connectivity index (χ0v) is 15.4. The quantitative estimate of drug-likeness (QED) is 0.700. The van der Waals surface area contributed by atoms with Gasteiger partial charge in [-0.15, -0.1) is 0 Å². The van der Waals surface area contributed by atoms with E-state index in [9.17, 15) is 10.4 Å². The molecule has 0 saturated heterocycles. The molecule has 2 atom stereocenters. The van der Waals surface area contributed by atoms with Crippen LogP contribution in [0.15, 0.2) is 34.7 Å². The molecule has 2 saturated carbocycles. The van der Waals surface area contributed by atoms with Crippen molar-refractivity contribution >= 4 is 11.1 Å². The maximum Gasteiger partial charge on any atom is 0.198 e. The Hall–Kier alpha value is -2.64. The van der Waals surface area contributed by atoms with Gasteiger partial charge in [-0.25, -0.2) is 4.98 Å². The van der Waals surface area contributed by atoms with Gasteiger partial charge in [0.15, 0.2) is 11.5 Å². The van der Waals surface area contributed by atoms with Gasteiger partial charge in [-0.05, 0) is 61.6 Å². The zero-order valence-electron chi connectivity index (χ0n) is 15.4. The molecule has 1 aromatic heterocycles. The Morgan fingerprint density at radius 2 is 1.85 bits per heavy atom. The molecule has 4 heteroatoms. The predicted molar refractivity (Wildman–Crippen MR) is 103 cm³/mol. The summed E-state index contributed by atoms with van der Waals surface area (Å²) in [4.78, 5) is 4.74. The lowest BCUT2D eigenvalue weighted by Gasteiger charge is -2.19. The lowest BCUT2D eigenvalue weighted by molar-refractivity contribution is 0.181. The minimum absolute atomic E-state index is 0.226. The van der Waals surface area contributed by atoms with Gasteiger partial charge in [-0.3, -0.25) is 0 Å². The second-order valence-electron chi connectivity index (χ2n) is 7.93. The first-order chi connectivity index (χ1) is 13.2. The number of nitriles is 1. The Labute approximate surface area is 158 Å². The van der Waals surface area contributed by atoms with Crippen molar-refractivity contribution in [3.63, 3.8) is 0 Å². The van der Waals surface area contributed by atoms with Crippen LogP contribution in [-0.2, 0) is 0 Å². The monoisotopic (exact) mass is 358 g/mol. The molecule has 0 bridgehead atoms. The third-order valence-electron chi connectivity index (χ3n) is 6.06. The van der Waals surface area contributed by atoms with Crippen LogP contribution in [0, 0.1) is 18.3 Å². The molecule has 2 fully saturated rings. The number of oxazole rings is 1. The van der Waals surface area contributed by atoms with Crippen LogP contribution in [-0.4, -0.2) is 16.2 Å². The minimum atomic E-state index is -0.268. The fourth-order valence-corrected chi connectivity index (χ4v) is 4.53. The number of fused-ring (bicyclic) bond motifs is 1. The molecule has 4 nitrogen and oxygen atoms in total. The Morgan fingerprint density at radius 3 is 2.48 bits per heavy atom. The molecule has 2 aliphatic rings. The molecule has 3 aromatic rings. The molecule has 2 aromatic carbocycles. The lowest BCUT2D eigenvalue weighted by atomic mass is 9.84. The van der Waals surface area contributed by atoms with E-state index in [-0.39, 0.29) is 12.0 Å².